The minimum absolute atomic E-state index is 0.0890. The molecule has 0 saturated carbocycles. The van der Waals surface area contributed by atoms with E-state index in [1.54, 1.807) is 19.4 Å². The van der Waals surface area contributed by atoms with Crippen LogP contribution >= 0.6 is 0 Å². The average molecular weight is 591 g/mol. The summed E-state index contributed by atoms with van der Waals surface area (Å²) in [7, 11) is 1.68. The van der Waals surface area contributed by atoms with Crippen molar-refractivity contribution in [2.24, 2.45) is 10.5 Å². The molecule has 5 aromatic rings. The van der Waals surface area contributed by atoms with Crippen molar-refractivity contribution in [1.29, 1.82) is 0 Å². The monoisotopic (exact) mass is 590 g/mol. The van der Waals surface area contributed by atoms with Crippen LogP contribution in [0.1, 0.15) is 68.6 Å². The molecule has 0 aliphatic heterocycles. The Labute approximate surface area is 259 Å². The molecule has 0 aliphatic carbocycles. The van der Waals surface area contributed by atoms with Crippen molar-refractivity contribution >= 4 is 17.1 Å². The summed E-state index contributed by atoms with van der Waals surface area (Å²) < 4.78 is 15.3. The number of hydrogen-bond acceptors (Lipinski definition) is 5. The van der Waals surface area contributed by atoms with E-state index in [1.807, 2.05) is 43.3 Å². The third-order valence-electron chi connectivity index (χ3n) is 7.74. The molecule has 0 radical (unpaired) electrons. The number of ether oxygens (including phenoxy) is 2. The van der Waals surface area contributed by atoms with Gasteiger partial charge in [-0.2, -0.15) is 9.78 Å². The Bertz CT molecular complexity index is 1910. The maximum Gasteiger partial charge on any atom is 0.282 e. The van der Waals surface area contributed by atoms with Gasteiger partial charge in [-0.05, 0) is 97.8 Å². The molecule has 5 rings (SSSR count). The molecule has 0 fully saturated rings. The lowest BCUT2D eigenvalue weighted by molar-refractivity contribution is 0.198. The number of aryl methyl sites for hydroxylation is 2. The molecule has 0 aliphatic rings. The highest BCUT2D eigenvalue weighted by Crippen LogP contribution is 2.34. The van der Waals surface area contributed by atoms with Gasteiger partial charge < -0.3 is 14.0 Å². The molecule has 0 unspecified atom stereocenters. The number of methoxy groups -OCH3 is 1. The first-order chi connectivity index (χ1) is 20.9. The topological polar surface area (TPSA) is 70.6 Å². The third kappa shape index (κ3) is 6.18. The van der Waals surface area contributed by atoms with E-state index >= 15 is 0 Å². The van der Waals surface area contributed by atoms with Gasteiger partial charge >= 0.3 is 0 Å². The van der Waals surface area contributed by atoms with E-state index in [9.17, 15) is 4.79 Å². The fraction of sp³-hybridized carbons (Fsp3) is 0.324. The summed E-state index contributed by atoms with van der Waals surface area (Å²) >= 11 is 0. The zero-order valence-electron chi connectivity index (χ0n) is 27.2. The van der Waals surface area contributed by atoms with Crippen LogP contribution in [0.4, 0.5) is 0 Å². The van der Waals surface area contributed by atoms with Crippen molar-refractivity contribution in [1.82, 2.24) is 14.2 Å². The Morgan fingerprint density at radius 1 is 0.977 bits per heavy atom. The highest BCUT2D eigenvalue weighted by atomic mass is 16.5. The van der Waals surface area contributed by atoms with Gasteiger partial charge in [0, 0.05) is 28.2 Å². The van der Waals surface area contributed by atoms with Gasteiger partial charge in [0.05, 0.1) is 30.8 Å². The predicted octanol–water partition coefficient (Wildman–Crippen LogP) is 8.22. The second-order valence-electron chi connectivity index (χ2n) is 12.9. The number of fused-ring (bicyclic) bond motifs is 1. The highest BCUT2D eigenvalue weighted by Gasteiger charge is 2.19. The minimum atomic E-state index is -0.220. The van der Waals surface area contributed by atoms with E-state index in [4.69, 9.17) is 19.6 Å². The Balaban J connectivity index is 1.58. The summed E-state index contributed by atoms with van der Waals surface area (Å²) in [6.07, 6.45) is 1.75. The van der Waals surface area contributed by atoms with E-state index in [0.29, 0.717) is 23.3 Å². The van der Waals surface area contributed by atoms with E-state index in [-0.39, 0.29) is 16.9 Å². The largest absolute Gasteiger partial charge is 0.496 e. The average Bonchev–Trinajstić information content (AvgIpc) is 3.27. The third-order valence-corrected chi connectivity index (χ3v) is 7.74. The molecule has 2 heterocycles. The lowest BCUT2D eigenvalue weighted by atomic mass is 9.96. The SMILES string of the molecule is COc1cc(C)c(-c2nc3ccccc3c(=O)n2N=Cc2cc(C)n(-c3ccc(OCC(C)(C)C)cc3)c2C)cc1C(C)C. The van der Waals surface area contributed by atoms with Crippen LogP contribution in [0.25, 0.3) is 28.0 Å². The lowest BCUT2D eigenvalue weighted by Gasteiger charge is -2.19. The van der Waals surface area contributed by atoms with Crippen LogP contribution in [0.5, 0.6) is 11.5 Å². The van der Waals surface area contributed by atoms with E-state index in [1.165, 1.54) is 4.68 Å². The molecular formula is C37H42N4O3. The summed E-state index contributed by atoms with van der Waals surface area (Å²) in [4.78, 5) is 18.8. The maximum absolute atomic E-state index is 13.9. The highest BCUT2D eigenvalue weighted by molar-refractivity contribution is 5.84. The number of benzene rings is 3. The molecule has 0 amide bonds. The first-order valence-corrected chi connectivity index (χ1v) is 15.0. The van der Waals surface area contributed by atoms with Crippen LogP contribution in [0.2, 0.25) is 0 Å². The molecule has 2 aromatic heterocycles. The first kappa shape index (κ1) is 30.8. The van der Waals surface area contributed by atoms with Crippen molar-refractivity contribution in [3.63, 3.8) is 0 Å². The number of rotatable bonds is 8. The number of aromatic nitrogens is 3. The summed E-state index contributed by atoms with van der Waals surface area (Å²) in [6, 6.07) is 21.7. The summed E-state index contributed by atoms with van der Waals surface area (Å²) in [5.74, 6) is 2.38. The Morgan fingerprint density at radius 3 is 2.34 bits per heavy atom. The minimum Gasteiger partial charge on any atom is -0.496 e. The van der Waals surface area contributed by atoms with E-state index in [0.717, 1.165) is 50.8 Å². The molecule has 0 N–H and O–H groups in total. The normalized spacial score (nSPS) is 12.0. The molecule has 0 atom stereocenters. The summed E-state index contributed by atoms with van der Waals surface area (Å²) in [5, 5.41) is 5.30. The van der Waals surface area contributed by atoms with E-state index < -0.39 is 0 Å². The van der Waals surface area contributed by atoms with Crippen molar-refractivity contribution in [3.8, 4) is 28.6 Å². The summed E-state index contributed by atoms with van der Waals surface area (Å²) in [6.45, 7) is 17.5. The number of para-hydroxylation sites is 1. The Morgan fingerprint density at radius 2 is 1.68 bits per heavy atom. The standard InChI is InChI=1S/C37H42N4O3/c1-23(2)31-20-32(24(3)18-34(31)43-9)35-39-33-13-11-10-12-30(33)36(42)41(35)38-21-27-19-25(4)40(26(27)5)28-14-16-29(17-15-28)44-22-37(6,7)8/h10-21,23H,22H2,1-9H3. The molecule has 3 aromatic carbocycles. The number of hydrogen-bond donors (Lipinski definition) is 0. The van der Waals surface area contributed by atoms with Gasteiger partial charge in [-0.15, -0.1) is 0 Å². The van der Waals surface area contributed by atoms with Crippen molar-refractivity contribution in [2.75, 3.05) is 13.7 Å². The fourth-order valence-corrected chi connectivity index (χ4v) is 5.40. The molecule has 0 bridgehead atoms. The van der Waals surface area contributed by atoms with Crippen LogP contribution in [-0.4, -0.2) is 34.2 Å². The van der Waals surface area contributed by atoms with Gasteiger partial charge in [0.1, 0.15) is 11.5 Å². The smallest absolute Gasteiger partial charge is 0.282 e. The second-order valence-corrected chi connectivity index (χ2v) is 12.9. The quantitative estimate of drug-likeness (QED) is 0.171. The van der Waals surface area contributed by atoms with Crippen LogP contribution < -0.4 is 15.0 Å². The van der Waals surface area contributed by atoms with Crippen LogP contribution in [0.15, 0.2) is 76.6 Å². The molecule has 44 heavy (non-hydrogen) atoms. The van der Waals surface area contributed by atoms with Crippen LogP contribution in [-0.2, 0) is 0 Å². The summed E-state index contributed by atoms with van der Waals surface area (Å²) in [5.41, 5.74) is 7.36. The predicted molar refractivity (Wildman–Crippen MR) is 180 cm³/mol. The van der Waals surface area contributed by atoms with Crippen LogP contribution in [0.3, 0.4) is 0 Å². The fourth-order valence-electron chi connectivity index (χ4n) is 5.40. The maximum atomic E-state index is 13.9. The van der Waals surface area contributed by atoms with Crippen LogP contribution in [0, 0.1) is 26.2 Å². The van der Waals surface area contributed by atoms with Gasteiger partial charge in [-0.1, -0.05) is 46.8 Å². The van der Waals surface area contributed by atoms with E-state index in [2.05, 4.69) is 77.3 Å². The zero-order chi connectivity index (χ0) is 31.8. The molecule has 7 nitrogen and oxygen atoms in total. The second kappa shape index (κ2) is 12.2. The molecule has 0 spiro atoms. The van der Waals surface area contributed by atoms with Gasteiger partial charge in [0.15, 0.2) is 5.82 Å². The molecular weight excluding hydrogens is 548 g/mol. The van der Waals surface area contributed by atoms with Gasteiger partial charge in [0.2, 0.25) is 0 Å². The first-order valence-electron chi connectivity index (χ1n) is 15.0. The Hall–Kier alpha value is -4.65. The molecule has 0 saturated heterocycles. The molecule has 228 valence electrons. The van der Waals surface area contributed by atoms with Gasteiger partial charge in [-0.3, -0.25) is 4.79 Å². The van der Waals surface area contributed by atoms with Crippen molar-refractivity contribution in [3.05, 3.63) is 105 Å². The van der Waals surface area contributed by atoms with Crippen molar-refractivity contribution < 1.29 is 9.47 Å². The van der Waals surface area contributed by atoms with Gasteiger partial charge in [0.25, 0.3) is 5.56 Å². The Kier molecular flexibility index (Phi) is 8.51. The van der Waals surface area contributed by atoms with Gasteiger partial charge in [-0.25, -0.2) is 4.98 Å². The van der Waals surface area contributed by atoms with Crippen molar-refractivity contribution in [2.45, 2.75) is 61.3 Å². The number of nitrogens with zero attached hydrogens (tertiary/aromatic N) is 4. The zero-order valence-corrected chi connectivity index (χ0v) is 27.2. The lowest BCUT2D eigenvalue weighted by Crippen LogP contribution is -2.21. The molecule has 7 heteroatoms.